The summed E-state index contributed by atoms with van der Waals surface area (Å²) >= 11 is 0. The molecule has 1 amide bonds. The van der Waals surface area contributed by atoms with E-state index in [9.17, 15) is 4.79 Å². The Bertz CT molecular complexity index is 213. The Morgan fingerprint density at radius 3 is 2.33 bits per heavy atom. The van der Waals surface area contributed by atoms with Crippen molar-refractivity contribution in [2.24, 2.45) is 5.73 Å². The van der Waals surface area contributed by atoms with Crippen molar-refractivity contribution in [3.8, 4) is 0 Å². The Balaban J connectivity index is 4.35. The maximum Gasteiger partial charge on any atom is 0.240 e. The Morgan fingerprint density at radius 2 is 1.93 bits per heavy atom. The maximum absolute atomic E-state index is 11.9. The van der Waals surface area contributed by atoms with Gasteiger partial charge in [0.25, 0.3) is 0 Å². The summed E-state index contributed by atoms with van der Waals surface area (Å²) in [4.78, 5) is 11.9. The van der Waals surface area contributed by atoms with Crippen molar-refractivity contribution >= 4 is 5.91 Å². The average Bonchev–Trinajstić information content (AvgIpc) is 2.02. The van der Waals surface area contributed by atoms with Gasteiger partial charge >= 0.3 is 0 Å². The van der Waals surface area contributed by atoms with Crippen molar-refractivity contribution < 1.29 is 9.53 Å². The molecule has 0 radical (unpaired) electrons. The van der Waals surface area contributed by atoms with E-state index in [2.05, 4.69) is 5.32 Å². The predicted molar refractivity (Wildman–Crippen MR) is 61.6 cm³/mol. The van der Waals surface area contributed by atoms with Crippen LogP contribution in [0.5, 0.6) is 0 Å². The molecule has 1 atom stereocenters. The van der Waals surface area contributed by atoms with E-state index >= 15 is 0 Å². The first-order valence-corrected chi connectivity index (χ1v) is 5.35. The van der Waals surface area contributed by atoms with Crippen molar-refractivity contribution in [3.05, 3.63) is 0 Å². The minimum Gasteiger partial charge on any atom is -0.382 e. The van der Waals surface area contributed by atoms with Gasteiger partial charge in [-0.2, -0.15) is 0 Å². The molecule has 0 aliphatic carbocycles. The molecule has 0 aromatic carbocycles. The Hall–Kier alpha value is -0.610. The van der Waals surface area contributed by atoms with Gasteiger partial charge in [0, 0.05) is 7.11 Å². The fourth-order valence-electron chi connectivity index (χ4n) is 1.48. The van der Waals surface area contributed by atoms with Crippen molar-refractivity contribution in [3.63, 3.8) is 0 Å². The normalized spacial score (nSPS) is 15.9. The van der Waals surface area contributed by atoms with E-state index in [4.69, 9.17) is 10.5 Å². The van der Waals surface area contributed by atoms with Gasteiger partial charge in [-0.05, 0) is 27.2 Å². The second-order valence-electron chi connectivity index (χ2n) is 4.94. The number of rotatable bonds is 6. The molecule has 0 spiro atoms. The summed E-state index contributed by atoms with van der Waals surface area (Å²) in [6.07, 6.45) is 1.58. The van der Waals surface area contributed by atoms with Crippen LogP contribution in [-0.2, 0) is 9.53 Å². The van der Waals surface area contributed by atoms with E-state index < -0.39 is 5.54 Å². The molecular formula is C11H24N2O2. The second-order valence-corrected chi connectivity index (χ2v) is 4.94. The first kappa shape index (κ1) is 14.4. The van der Waals surface area contributed by atoms with Gasteiger partial charge in [0.05, 0.1) is 17.7 Å². The van der Waals surface area contributed by atoms with Crippen LogP contribution in [0.2, 0.25) is 0 Å². The molecule has 0 aromatic rings. The van der Waals surface area contributed by atoms with Gasteiger partial charge in [0.1, 0.15) is 0 Å². The molecule has 0 aromatic heterocycles. The highest BCUT2D eigenvalue weighted by atomic mass is 16.5. The fraction of sp³-hybridized carbons (Fsp3) is 0.909. The maximum atomic E-state index is 11.9. The van der Waals surface area contributed by atoms with Gasteiger partial charge in [-0.3, -0.25) is 4.79 Å². The van der Waals surface area contributed by atoms with Crippen molar-refractivity contribution in [1.29, 1.82) is 0 Å². The van der Waals surface area contributed by atoms with Gasteiger partial charge in [0.2, 0.25) is 5.91 Å². The minimum absolute atomic E-state index is 0.119. The number of amides is 1. The summed E-state index contributed by atoms with van der Waals surface area (Å²) in [6.45, 7) is 8.07. The molecule has 3 N–H and O–H groups in total. The zero-order valence-electron chi connectivity index (χ0n) is 10.5. The number of hydrogen-bond donors (Lipinski definition) is 2. The summed E-state index contributed by atoms with van der Waals surface area (Å²) in [5.74, 6) is -0.119. The van der Waals surface area contributed by atoms with Gasteiger partial charge in [-0.15, -0.1) is 0 Å². The van der Waals surface area contributed by atoms with Gasteiger partial charge in [0.15, 0.2) is 0 Å². The van der Waals surface area contributed by atoms with Gasteiger partial charge < -0.3 is 15.8 Å². The highest BCUT2D eigenvalue weighted by molar-refractivity contribution is 5.86. The molecule has 0 fully saturated rings. The number of ether oxygens (including phenoxy) is 1. The lowest BCUT2D eigenvalue weighted by molar-refractivity contribution is -0.128. The fourth-order valence-corrected chi connectivity index (χ4v) is 1.48. The van der Waals surface area contributed by atoms with E-state index in [0.717, 1.165) is 6.42 Å². The lowest BCUT2D eigenvalue weighted by Crippen LogP contribution is -2.58. The molecule has 0 bridgehead atoms. The monoisotopic (exact) mass is 216 g/mol. The predicted octanol–water partition coefficient (Wildman–Crippen LogP) is 1.05. The highest BCUT2D eigenvalue weighted by Crippen LogP contribution is 2.11. The molecule has 4 nitrogen and oxygen atoms in total. The SMILES string of the molecule is CCCC(C)(N)C(=O)NC(C)(C)COC. The summed E-state index contributed by atoms with van der Waals surface area (Å²) in [7, 11) is 1.61. The van der Waals surface area contributed by atoms with Crippen LogP contribution in [0.25, 0.3) is 0 Å². The molecule has 0 aliphatic rings. The summed E-state index contributed by atoms with van der Waals surface area (Å²) in [5, 5.41) is 2.89. The van der Waals surface area contributed by atoms with E-state index in [0.29, 0.717) is 13.0 Å². The molecule has 0 saturated heterocycles. The topological polar surface area (TPSA) is 64.4 Å². The van der Waals surface area contributed by atoms with Crippen LogP contribution in [0, 0.1) is 0 Å². The summed E-state index contributed by atoms with van der Waals surface area (Å²) in [5.41, 5.74) is 4.75. The Kier molecular flexibility index (Phi) is 5.24. The number of nitrogens with two attached hydrogens (primary N) is 1. The lowest BCUT2D eigenvalue weighted by Gasteiger charge is -2.31. The number of hydrogen-bond acceptors (Lipinski definition) is 3. The molecule has 15 heavy (non-hydrogen) atoms. The number of carbonyl (C=O) groups excluding carboxylic acids is 1. The molecule has 0 heterocycles. The second kappa shape index (κ2) is 5.47. The van der Waals surface area contributed by atoms with E-state index in [1.165, 1.54) is 0 Å². The van der Waals surface area contributed by atoms with Crippen LogP contribution in [0.3, 0.4) is 0 Å². The molecule has 1 unspecified atom stereocenters. The molecule has 0 aliphatic heterocycles. The third-order valence-corrected chi connectivity index (χ3v) is 2.25. The molecule has 90 valence electrons. The first-order valence-electron chi connectivity index (χ1n) is 5.35. The molecule has 0 saturated carbocycles. The van der Waals surface area contributed by atoms with Crippen LogP contribution in [0.15, 0.2) is 0 Å². The zero-order chi connectivity index (χ0) is 12.1. The number of carbonyl (C=O) groups is 1. The summed E-state index contributed by atoms with van der Waals surface area (Å²) in [6, 6.07) is 0. The number of nitrogens with one attached hydrogen (secondary N) is 1. The average molecular weight is 216 g/mol. The molecule has 0 rings (SSSR count). The zero-order valence-corrected chi connectivity index (χ0v) is 10.5. The molecule has 4 heteroatoms. The van der Waals surface area contributed by atoms with E-state index in [-0.39, 0.29) is 11.4 Å². The third-order valence-electron chi connectivity index (χ3n) is 2.25. The highest BCUT2D eigenvalue weighted by Gasteiger charge is 2.31. The van der Waals surface area contributed by atoms with E-state index in [1.807, 2.05) is 20.8 Å². The largest absolute Gasteiger partial charge is 0.382 e. The molecular weight excluding hydrogens is 192 g/mol. The van der Waals surface area contributed by atoms with Crippen molar-refractivity contribution in [1.82, 2.24) is 5.32 Å². The van der Waals surface area contributed by atoms with Crippen molar-refractivity contribution in [2.45, 2.75) is 51.6 Å². The van der Waals surface area contributed by atoms with Crippen LogP contribution in [0.4, 0.5) is 0 Å². The third kappa shape index (κ3) is 5.14. The van der Waals surface area contributed by atoms with Crippen molar-refractivity contribution in [2.75, 3.05) is 13.7 Å². The first-order chi connectivity index (χ1) is 6.75. The minimum atomic E-state index is -0.792. The van der Waals surface area contributed by atoms with Crippen LogP contribution >= 0.6 is 0 Å². The Labute approximate surface area is 92.6 Å². The summed E-state index contributed by atoms with van der Waals surface area (Å²) < 4.78 is 5.02. The van der Waals surface area contributed by atoms with Gasteiger partial charge in [-0.1, -0.05) is 13.3 Å². The standard InChI is InChI=1S/C11H24N2O2/c1-6-7-11(4,12)9(14)13-10(2,3)8-15-5/h6-8,12H2,1-5H3,(H,13,14). The van der Waals surface area contributed by atoms with Gasteiger partial charge in [-0.25, -0.2) is 0 Å². The van der Waals surface area contributed by atoms with Crippen LogP contribution in [0.1, 0.15) is 40.5 Å². The Morgan fingerprint density at radius 1 is 1.40 bits per heavy atom. The van der Waals surface area contributed by atoms with Crippen LogP contribution in [-0.4, -0.2) is 30.7 Å². The lowest BCUT2D eigenvalue weighted by atomic mass is 9.94. The smallest absolute Gasteiger partial charge is 0.240 e. The number of methoxy groups -OCH3 is 1. The quantitative estimate of drug-likeness (QED) is 0.697. The van der Waals surface area contributed by atoms with Crippen LogP contribution < -0.4 is 11.1 Å². The van der Waals surface area contributed by atoms with E-state index in [1.54, 1.807) is 14.0 Å².